The fraction of sp³-hybridized carbons (Fsp3) is 0.250. The van der Waals surface area contributed by atoms with Crippen LogP contribution in [-0.4, -0.2) is 17.7 Å². The number of carbonyl (C=O) groups excluding carboxylic acids is 2. The number of Topliss-reactive ketones (excluding diaryl/α,β-unsaturated/α-hetero) is 2. The van der Waals surface area contributed by atoms with Crippen LogP contribution in [0, 0.1) is 0 Å². The van der Waals surface area contributed by atoms with E-state index < -0.39 is 24.2 Å². The number of hydrogen-bond acceptors (Lipinski definition) is 3. The van der Waals surface area contributed by atoms with Crippen LogP contribution in [-0.2, 0) is 21.9 Å². The molecule has 1 aromatic heterocycles. The number of carbonyl (C=O) groups is 2. The van der Waals surface area contributed by atoms with Gasteiger partial charge in [-0.1, -0.05) is 0 Å². The number of ketones is 2. The van der Waals surface area contributed by atoms with Crippen LogP contribution in [0.3, 0.4) is 0 Å². The van der Waals surface area contributed by atoms with Crippen molar-refractivity contribution in [2.75, 3.05) is 0 Å². The van der Waals surface area contributed by atoms with Crippen LogP contribution >= 0.6 is 0 Å². The number of alkyl halides is 3. The molecule has 7 heteroatoms. The van der Waals surface area contributed by atoms with Gasteiger partial charge in [-0.3, -0.25) is 9.59 Å². The Morgan fingerprint density at radius 3 is 2.33 bits per heavy atom. The summed E-state index contributed by atoms with van der Waals surface area (Å²) >= 11 is 0. The summed E-state index contributed by atoms with van der Waals surface area (Å²) in [5.74, 6) is -3.29. The third-order valence-corrected chi connectivity index (χ3v) is 1.43. The maximum Gasteiger partial charge on any atom is 0.450 e. The van der Waals surface area contributed by atoms with E-state index in [9.17, 15) is 22.8 Å². The van der Waals surface area contributed by atoms with Gasteiger partial charge in [-0.2, -0.15) is 13.2 Å². The smallest absolute Gasteiger partial charge is 0.450 e. The van der Waals surface area contributed by atoms with Crippen LogP contribution in [0.15, 0.2) is 22.8 Å². The minimum absolute atomic E-state index is 0. The van der Waals surface area contributed by atoms with Crippen molar-refractivity contribution < 1.29 is 44.2 Å². The number of halogens is 3. The molecule has 0 radical (unpaired) electrons. The molecule has 3 nitrogen and oxygen atoms in total. The van der Waals surface area contributed by atoms with Gasteiger partial charge in [0.05, 0.1) is 12.7 Å². The van der Waals surface area contributed by atoms with E-state index in [1.54, 1.807) is 0 Å². The Bertz CT molecular complexity index is 343. The van der Waals surface area contributed by atoms with Crippen molar-refractivity contribution in [1.29, 1.82) is 0 Å². The van der Waals surface area contributed by atoms with Crippen molar-refractivity contribution in [3.05, 3.63) is 24.2 Å². The summed E-state index contributed by atoms with van der Waals surface area (Å²) in [6.07, 6.45) is -5.04. The van der Waals surface area contributed by atoms with Crippen LogP contribution in [0.5, 0.6) is 0 Å². The molecule has 0 fully saturated rings. The summed E-state index contributed by atoms with van der Waals surface area (Å²) in [7, 11) is 0. The minimum Gasteiger partial charge on any atom is -0.461 e. The molecule has 0 aromatic carbocycles. The summed E-state index contributed by atoms with van der Waals surface area (Å²) in [6.45, 7) is 0. The van der Waals surface area contributed by atoms with E-state index in [2.05, 4.69) is 4.42 Å². The SMILES string of the molecule is O=C(CC(=O)C(F)(F)F)c1ccco1.[Fe]. The van der Waals surface area contributed by atoms with E-state index in [1.807, 2.05) is 0 Å². The van der Waals surface area contributed by atoms with Crippen molar-refractivity contribution in [2.24, 2.45) is 0 Å². The van der Waals surface area contributed by atoms with Crippen molar-refractivity contribution in [1.82, 2.24) is 0 Å². The molecule has 84 valence electrons. The van der Waals surface area contributed by atoms with Gasteiger partial charge < -0.3 is 4.42 Å². The first-order valence-electron chi connectivity index (χ1n) is 3.58. The molecule has 1 rings (SSSR count). The Hall–Kier alpha value is -1.07. The van der Waals surface area contributed by atoms with Gasteiger partial charge in [0.25, 0.3) is 0 Å². The predicted octanol–water partition coefficient (Wildman–Crippen LogP) is 1.98. The van der Waals surface area contributed by atoms with Crippen molar-refractivity contribution >= 4 is 11.6 Å². The minimum atomic E-state index is -4.97. The van der Waals surface area contributed by atoms with Crippen LogP contribution in [0.2, 0.25) is 0 Å². The van der Waals surface area contributed by atoms with Crippen molar-refractivity contribution in [3.63, 3.8) is 0 Å². The standard InChI is InChI=1S/C8H5F3O3.Fe/c9-8(10,11)7(13)4-5(12)6-2-1-3-14-6;/h1-3H,4H2;. The zero-order chi connectivity index (χ0) is 10.8. The molecule has 0 unspecified atom stereocenters. The zero-order valence-corrected chi connectivity index (χ0v) is 8.26. The first-order valence-corrected chi connectivity index (χ1v) is 3.58. The number of furan rings is 1. The van der Waals surface area contributed by atoms with E-state index in [0.29, 0.717) is 0 Å². The Kier molecular flexibility index (Phi) is 4.77. The monoisotopic (exact) mass is 262 g/mol. The van der Waals surface area contributed by atoms with Crippen LogP contribution in [0.4, 0.5) is 13.2 Å². The van der Waals surface area contributed by atoms with E-state index in [4.69, 9.17) is 0 Å². The van der Waals surface area contributed by atoms with Gasteiger partial charge in [-0.15, -0.1) is 0 Å². The Morgan fingerprint density at radius 1 is 1.33 bits per heavy atom. The van der Waals surface area contributed by atoms with Crippen molar-refractivity contribution in [2.45, 2.75) is 12.6 Å². The summed E-state index contributed by atoms with van der Waals surface area (Å²) < 4.78 is 39.7. The van der Waals surface area contributed by atoms with Gasteiger partial charge in [-0.05, 0) is 12.1 Å². The van der Waals surface area contributed by atoms with Crippen molar-refractivity contribution in [3.8, 4) is 0 Å². The first kappa shape index (κ1) is 13.9. The summed E-state index contributed by atoms with van der Waals surface area (Å²) in [4.78, 5) is 21.3. The molecule has 0 amide bonds. The second kappa shape index (κ2) is 5.14. The molecule has 0 atom stereocenters. The quantitative estimate of drug-likeness (QED) is 0.475. The Labute approximate surface area is 93.1 Å². The summed E-state index contributed by atoms with van der Waals surface area (Å²) in [6, 6.07) is 2.55. The molecule has 0 aliphatic rings. The molecule has 0 aliphatic carbocycles. The molecule has 0 N–H and O–H groups in total. The molecular weight excluding hydrogens is 257 g/mol. The van der Waals surface area contributed by atoms with Crippen LogP contribution in [0.1, 0.15) is 17.0 Å². The third-order valence-electron chi connectivity index (χ3n) is 1.43. The molecule has 0 saturated carbocycles. The summed E-state index contributed by atoms with van der Waals surface area (Å²) in [5.41, 5.74) is 0. The van der Waals surface area contributed by atoms with Gasteiger partial charge in [0.15, 0.2) is 5.76 Å². The Morgan fingerprint density at radius 2 is 1.93 bits per heavy atom. The Balaban J connectivity index is 0.00000196. The predicted molar refractivity (Wildman–Crippen MR) is 38.7 cm³/mol. The van der Waals surface area contributed by atoms with Gasteiger partial charge in [-0.25, -0.2) is 0 Å². The molecule has 0 saturated heterocycles. The van der Waals surface area contributed by atoms with Gasteiger partial charge >= 0.3 is 6.18 Å². The van der Waals surface area contributed by atoms with E-state index in [0.717, 1.165) is 6.26 Å². The van der Waals surface area contributed by atoms with Gasteiger partial charge in [0.1, 0.15) is 0 Å². The maximum absolute atomic E-state index is 11.7. The van der Waals surface area contributed by atoms with Gasteiger partial charge in [0, 0.05) is 17.1 Å². The summed E-state index contributed by atoms with van der Waals surface area (Å²) in [5, 5.41) is 0. The third kappa shape index (κ3) is 3.89. The average Bonchev–Trinajstić information content (AvgIpc) is 2.53. The second-order valence-corrected chi connectivity index (χ2v) is 2.50. The van der Waals surface area contributed by atoms with E-state index in [-0.39, 0.29) is 22.8 Å². The topological polar surface area (TPSA) is 47.3 Å². The van der Waals surface area contributed by atoms with Gasteiger partial charge in [0.2, 0.25) is 11.6 Å². The first-order chi connectivity index (χ1) is 6.41. The molecular formula is C8H5F3FeO3. The fourth-order valence-electron chi connectivity index (χ4n) is 0.770. The van der Waals surface area contributed by atoms with E-state index >= 15 is 0 Å². The molecule has 15 heavy (non-hydrogen) atoms. The molecule has 0 bridgehead atoms. The maximum atomic E-state index is 11.7. The average molecular weight is 262 g/mol. The van der Waals surface area contributed by atoms with Crippen LogP contribution < -0.4 is 0 Å². The molecule has 0 spiro atoms. The van der Waals surface area contributed by atoms with Crippen LogP contribution in [0.25, 0.3) is 0 Å². The largest absolute Gasteiger partial charge is 0.461 e. The zero-order valence-electron chi connectivity index (χ0n) is 7.15. The molecule has 1 aromatic rings. The molecule has 0 aliphatic heterocycles. The molecule has 1 heterocycles. The fourth-order valence-corrected chi connectivity index (χ4v) is 0.770. The van der Waals surface area contributed by atoms with E-state index in [1.165, 1.54) is 12.1 Å². The normalized spacial score (nSPS) is 10.6. The second-order valence-electron chi connectivity index (χ2n) is 2.50. The number of rotatable bonds is 3. The number of hydrogen-bond donors (Lipinski definition) is 0.